The highest BCUT2D eigenvalue weighted by atomic mass is 35.5. The topological polar surface area (TPSA) is 543 Å². The molecule has 42 heteroatoms. The zero-order chi connectivity index (χ0) is 99.1. The Balaban J connectivity index is 0.000000187. The van der Waals surface area contributed by atoms with Gasteiger partial charge in [-0.3, -0.25) is 30.0 Å². The molecule has 13 rings (SSSR count). The number of anilines is 5. The van der Waals surface area contributed by atoms with Gasteiger partial charge in [0.1, 0.15) is 23.2 Å². The Morgan fingerprint density at radius 3 is 0.993 bits per heavy atom. The standard InChI is InChI=1S/C25H20ClFN4O3S.2C23H20ClFN4O4S.C23H20ClFN4O3S/c1-14(16-7-6-15-10-11-30-24(28)19(15)12-16)23(27)25(32)31-21-9-8-17(13-20(21)26)18-4-2-3-5-22(18)35(33)34-29;1-13(14-5-4-6-16(11-14)22(26)29-31)21(25)23(30)28-19-10-9-15(12-18(19)24)17-7-2-3-8-20(17)34(32)33-27;1-12(16-10-14(22(26)27)7-9-19(16)30)21(25)23(31)29-18-8-6-13(11-17(18)24)15-4-2-3-5-20(15)34(32)33-28;1-13(14-5-4-6-16(11-14)22(26)27)21(25)23(30)29-19-10-9-15(12-18(19)24)17-7-2-3-8-20(17)33(31)32-28/h2-13H,29H2,1H3,(H2,28,30)(H,31,32);2-12,31H,27H2,1H3,(H2,26,29)(H,28,30);2-11,30H,28H2,1H3,(H3,26,27)(H,29,31);2-12H,28H2,1H3,(H3,26,27)(H,29,30)/b23-14+;21-13+;21-12+;21-13+. The van der Waals surface area contributed by atoms with Crippen LogP contribution in [-0.4, -0.2) is 73.3 Å². The number of carbonyl (C=O) groups is 4. The predicted octanol–water partition coefficient (Wildman–Crippen LogP) is 18.5. The molecule has 0 spiro atoms. The summed E-state index contributed by atoms with van der Waals surface area (Å²) in [5, 5.41) is 48.7. The van der Waals surface area contributed by atoms with Crippen LogP contribution in [0.15, 0.2) is 315 Å². The van der Waals surface area contributed by atoms with Gasteiger partial charge in [0.25, 0.3) is 23.6 Å². The van der Waals surface area contributed by atoms with Crippen molar-refractivity contribution in [1.29, 1.82) is 10.8 Å². The number of fused-ring (bicyclic) bond motifs is 1. The molecule has 4 atom stereocenters. The van der Waals surface area contributed by atoms with Gasteiger partial charge in [0, 0.05) is 61.7 Å². The largest absolute Gasteiger partial charge is 0.507 e. The number of allylic oxidation sites excluding steroid dienone is 4. The molecule has 0 saturated heterocycles. The Labute approximate surface area is 804 Å². The smallest absolute Gasteiger partial charge is 0.284 e. The number of phenolic OH excluding ortho intramolecular Hbond substituents is 1. The number of halogens is 8. The molecule has 13 aromatic rings. The number of phenols is 1. The lowest BCUT2D eigenvalue weighted by molar-refractivity contribution is -0.114. The number of nitrogens with two attached hydrogens (primary N) is 8. The summed E-state index contributed by atoms with van der Waals surface area (Å²) < 4.78 is 126. The summed E-state index contributed by atoms with van der Waals surface area (Å²) in [5.74, 6) is 11.5. The van der Waals surface area contributed by atoms with Crippen molar-refractivity contribution in [3.8, 4) is 50.3 Å². The van der Waals surface area contributed by atoms with Crippen LogP contribution in [-0.2, 0) is 80.6 Å². The quantitative estimate of drug-likeness (QED) is 0.00568. The van der Waals surface area contributed by atoms with E-state index in [4.69, 9.17) is 109 Å². The number of aromatic hydroxyl groups is 1. The van der Waals surface area contributed by atoms with Crippen molar-refractivity contribution in [3.05, 3.63) is 349 Å². The molecule has 0 bridgehead atoms. The maximum Gasteiger partial charge on any atom is 0.284 e. The third-order valence-corrected chi connectivity index (χ3v) is 24.9. The number of amides is 4. The second kappa shape index (κ2) is 48.2. The monoisotopic (exact) mass is 2000 g/mol. The van der Waals surface area contributed by atoms with Gasteiger partial charge < -0.3 is 54.5 Å². The highest BCUT2D eigenvalue weighted by molar-refractivity contribution is 7.81. The number of pyridine rings is 1. The molecule has 30 nitrogen and oxygen atoms in total. The van der Waals surface area contributed by atoms with Gasteiger partial charge in [-0.2, -0.15) is 40.7 Å². The van der Waals surface area contributed by atoms with E-state index in [-0.39, 0.29) is 99.5 Å². The van der Waals surface area contributed by atoms with E-state index in [1.807, 2.05) is 0 Å². The third kappa shape index (κ3) is 25.9. The second-order valence-electron chi connectivity index (χ2n) is 28.5. The molecular formula is C94H80Cl4F4N16O14S4. The molecule has 700 valence electrons. The first-order valence-corrected chi connectivity index (χ1v) is 45.0. The first-order chi connectivity index (χ1) is 64.9. The maximum atomic E-state index is 15.0. The predicted molar refractivity (Wildman–Crippen MR) is 525 cm³/mol. The van der Waals surface area contributed by atoms with Crippen molar-refractivity contribution >= 4 is 193 Å². The van der Waals surface area contributed by atoms with Crippen LogP contribution in [0.2, 0.25) is 20.1 Å². The highest BCUT2D eigenvalue weighted by Crippen LogP contribution is 2.40. The lowest BCUT2D eigenvalue weighted by atomic mass is 10.0. The zero-order valence-electron chi connectivity index (χ0n) is 71.4. The molecular weight excluding hydrogens is 1920 g/mol. The van der Waals surface area contributed by atoms with Crippen LogP contribution >= 0.6 is 46.4 Å². The normalized spacial score (nSPS) is 12.8. The number of aromatic nitrogens is 1. The summed E-state index contributed by atoms with van der Waals surface area (Å²) in [6.45, 7) is 5.70. The van der Waals surface area contributed by atoms with Gasteiger partial charge in [0.15, 0.2) is 29.1 Å². The van der Waals surface area contributed by atoms with Crippen LogP contribution in [0.5, 0.6) is 5.75 Å². The Morgan fingerprint density at radius 2 is 0.669 bits per heavy atom. The summed E-state index contributed by atoms with van der Waals surface area (Å²) in [6.07, 6.45) is 1.59. The van der Waals surface area contributed by atoms with Gasteiger partial charge in [-0.1, -0.05) is 197 Å². The molecule has 0 saturated carbocycles. The number of benzene rings is 12. The number of nitrogen functional groups attached to an aromatic ring is 3. The molecule has 24 N–H and O–H groups in total. The minimum Gasteiger partial charge on any atom is -0.507 e. The zero-order valence-corrected chi connectivity index (χ0v) is 77.7. The molecule has 4 amide bonds. The molecule has 0 radical (unpaired) electrons. The molecule has 136 heavy (non-hydrogen) atoms. The summed E-state index contributed by atoms with van der Waals surface area (Å²) in [4.78, 5) is 55.6. The molecule has 0 aliphatic heterocycles. The summed E-state index contributed by atoms with van der Waals surface area (Å²) in [6, 6.07) is 69.3. The van der Waals surface area contributed by atoms with Gasteiger partial charge in [0.2, 0.25) is 44.3 Å². The number of hydrogen-bond donors (Lipinski definition) is 16. The maximum absolute atomic E-state index is 15.0. The van der Waals surface area contributed by atoms with E-state index in [0.717, 1.165) is 5.39 Å². The van der Waals surface area contributed by atoms with Crippen molar-refractivity contribution in [2.75, 3.05) is 27.0 Å². The van der Waals surface area contributed by atoms with E-state index in [0.29, 0.717) is 103 Å². The van der Waals surface area contributed by atoms with Crippen molar-refractivity contribution in [1.82, 2.24) is 4.98 Å². The fourth-order valence-electron chi connectivity index (χ4n) is 13.0. The van der Waals surface area contributed by atoms with Crippen molar-refractivity contribution < 1.29 is 81.0 Å². The fraction of sp³-hybridized carbons (Fsp3) is 0.0426. The highest BCUT2D eigenvalue weighted by Gasteiger charge is 2.26. The van der Waals surface area contributed by atoms with Crippen LogP contribution < -0.4 is 67.8 Å². The molecule has 4 unspecified atom stereocenters. The van der Waals surface area contributed by atoms with Gasteiger partial charge in [-0.05, 0) is 204 Å². The fourth-order valence-corrected chi connectivity index (χ4v) is 16.5. The van der Waals surface area contributed by atoms with Gasteiger partial charge in [-0.25, -0.2) is 39.4 Å². The Morgan fingerprint density at radius 1 is 0.375 bits per heavy atom. The Kier molecular flexibility index (Phi) is 36.8. The van der Waals surface area contributed by atoms with E-state index in [2.05, 4.69) is 48.5 Å². The number of oxime groups is 1. The van der Waals surface area contributed by atoms with Crippen LogP contribution in [0.3, 0.4) is 0 Å². The third-order valence-electron chi connectivity index (χ3n) is 20.1. The van der Waals surface area contributed by atoms with Crippen molar-refractivity contribution in [2.24, 2.45) is 45.9 Å². The average Bonchev–Trinajstić information content (AvgIpc) is 0.816. The molecule has 0 fully saturated rings. The van der Waals surface area contributed by atoms with E-state index < -0.39 is 91.3 Å². The van der Waals surface area contributed by atoms with Crippen molar-refractivity contribution in [2.45, 2.75) is 47.3 Å². The minimum atomic E-state index is -1.89. The van der Waals surface area contributed by atoms with Crippen LogP contribution in [0.25, 0.3) is 77.6 Å². The summed E-state index contributed by atoms with van der Waals surface area (Å²) in [7, 11) is 0. The molecule has 1 heterocycles. The van der Waals surface area contributed by atoms with Crippen LogP contribution in [0.1, 0.15) is 66.6 Å². The van der Waals surface area contributed by atoms with Gasteiger partial charge in [-0.15, -0.1) is 0 Å². The Hall–Kier alpha value is -14.1. The SMILES string of the molecule is C/C(=C(\F)C(=O)Nc1ccc(-c2ccccc2S(=O)ON)cc1Cl)c1cc(C(=N)N)ccc1O.C/C(=C(\F)C(=O)Nc1ccc(-c2ccccc2S(=O)ON)cc1Cl)c1ccc2ccnc(N)c2c1.C/C(=C(\F)C(=O)Nc1ccc(-c2ccccc2S(=O)ON)cc1Cl)c1cccc(/C(N)=N/O)c1.C/C(=C(\F)C(=O)Nc1ccc(-c2ccccc2S(=O)ON)cc1Cl)c1cccc(C(=N)N)c1. The van der Waals surface area contributed by atoms with Gasteiger partial charge in [0.05, 0.1) is 62.4 Å². The molecule has 0 aliphatic rings. The summed E-state index contributed by atoms with van der Waals surface area (Å²) >= 11 is 17.8. The number of carbonyl (C=O) groups excluding carboxylic acids is 4. The van der Waals surface area contributed by atoms with Crippen molar-refractivity contribution in [3.63, 3.8) is 0 Å². The van der Waals surface area contributed by atoms with Crippen LogP contribution in [0, 0.1) is 10.8 Å². The summed E-state index contributed by atoms with van der Waals surface area (Å²) in [5.41, 5.74) is 30.3. The minimum absolute atomic E-state index is 0.0218. The first kappa shape index (κ1) is 104. The lowest BCUT2D eigenvalue weighted by Crippen LogP contribution is -2.14. The molecule has 0 aliphatic carbocycles. The van der Waals surface area contributed by atoms with Crippen LogP contribution in [0.4, 0.5) is 46.1 Å². The number of nitrogens with zero attached hydrogens (tertiary/aromatic N) is 2. The van der Waals surface area contributed by atoms with E-state index in [1.165, 1.54) is 88.4 Å². The van der Waals surface area contributed by atoms with E-state index in [1.54, 1.807) is 206 Å². The number of amidine groups is 3. The molecule has 12 aromatic carbocycles. The number of hydrogen-bond acceptors (Lipinski definition) is 23. The van der Waals surface area contributed by atoms with Gasteiger partial charge >= 0.3 is 0 Å². The lowest BCUT2D eigenvalue weighted by Gasteiger charge is -2.12. The molecule has 1 aromatic heterocycles. The number of nitrogens with one attached hydrogen (secondary N) is 6. The van der Waals surface area contributed by atoms with E-state index in [9.17, 15) is 54.3 Å². The van der Waals surface area contributed by atoms with E-state index >= 15 is 4.39 Å². The average molecular weight is 2000 g/mol. The first-order valence-electron chi connectivity index (χ1n) is 39.2. The second-order valence-corrected chi connectivity index (χ2v) is 34.5. The Bertz CT molecular complexity index is 7140. The number of rotatable bonds is 27.